The number of hydrogen-bond donors (Lipinski definition) is 3. The van der Waals surface area contributed by atoms with Crippen LogP contribution in [0.4, 0.5) is 13.2 Å². The summed E-state index contributed by atoms with van der Waals surface area (Å²) in [5, 5.41) is 6.30. The van der Waals surface area contributed by atoms with E-state index in [0.29, 0.717) is 24.0 Å². The quantitative estimate of drug-likeness (QED) is 0.505. The van der Waals surface area contributed by atoms with Gasteiger partial charge in [0.25, 0.3) is 0 Å². The summed E-state index contributed by atoms with van der Waals surface area (Å²) in [5.74, 6) is -0.825. The molecule has 1 aliphatic heterocycles. The van der Waals surface area contributed by atoms with Gasteiger partial charge in [-0.15, -0.1) is 0 Å². The van der Waals surface area contributed by atoms with Crippen molar-refractivity contribution in [2.24, 2.45) is 11.7 Å². The third kappa shape index (κ3) is 5.57. The number of rotatable bonds is 8. The molecule has 2 amide bonds. The van der Waals surface area contributed by atoms with Crippen LogP contribution in [0.5, 0.6) is 0 Å². The first-order valence-electron chi connectivity index (χ1n) is 12.2. The average molecular weight is 504 g/mol. The van der Waals surface area contributed by atoms with Crippen molar-refractivity contribution in [3.63, 3.8) is 0 Å². The van der Waals surface area contributed by atoms with Gasteiger partial charge < -0.3 is 21.1 Å². The Bertz CT molecular complexity index is 1110. The number of hydrogen-bond acceptors (Lipinski definition) is 4. The molecule has 2 aromatic rings. The van der Waals surface area contributed by atoms with E-state index >= 15 is 0 Å². The summed E-state index contributed by atoms with van der Waals surface area (Å²) < 4.78 is 46.2. The minimum atomic E-state index is -4.44. The molecule has 2 aromatic carbocycles. The van der Waals surface area contributed by atoms with Gasteiger partial charge in [-0.25, -0.2) is 0 Å². The van der Waals surface area contributed by atoms with Crippen LogP contribution in [0.25, 0.3) is 0 Å². The summed E-state index contributed by atoms with van der Waals surface area (Å²) in [5.41, 5.74) is 4.97. The molecule has 1 aliphatic carbocycles. The second-order valence-corrected chi connectivity index (χ2v) is 10.1. The van der Waals surface area contributed by atoms with Crippen LogP contribution in [0, 0.1) is 12.8 Å². The maximum atomic E-state index is 13.3. The van der Waals surface area contributed by atoms with E-state index in [9.17, 15) is 22.8 Å². The van der Waals surface area contributed by atoms with E-state index in [1.165, 1.54) is 0 Å². The Morgan fingerprint density at radius 1 is 1.17 bits per heavy atom. The van der Waals surface area contributed by atoms with E-state index < -0.39 is 34.8 Å². The van der Waals surface area contributed by atoms with Crippen molar-refractivity contribution in [1.29, 1.82) is 0 Å². The molecule has 2 fully saturated rings. The van der Waals surface area contributed by atoms with Gasteiger partial charge in [0, 0.05) is 12.5 Å². The molecule has 6 nitrogen and oxygen atoms in total. The van der Waals surface area contributed by atoms with Gasteiger partial charge in [0.1, 0.15) is 5.54 Å². The van der Waals surface area contributed by atoms with Crippen molar-refractivity contribution < 1.29 is 27.5 Å². The van der Waals surface area contributed by atoms with Gasteiger partial charge >= 0.3 is 6.18 Å². The lowest BCUT2D eigenvalue weighted by Crippen LogP contribution is -2.69. The van der Waals surface area contributed by atoms with Crippen LogP contribution in [-0.2, 0) is 26.0 Å². The molecule has 0 radical (unpaired) electrons. The molecule has 1 saturated heterocycles. The van der Waals surface area contributed by atoms with Gasteiger partial charge in [0.15, 0.2) is 0 Å². The van der Waals surface area contributed by atoms with E-state index in [2.05, 4.69) is 10.6 Å². The third-order valence-electron chi connectivity index (χ3n) is 7.29. The number of halogens is 3. The summed E-state index contributed by atoms with van der Waals surface area (Å²) in [6.45, 7) is 3.62. The molecular weight excluding hydrogens is 471 g/mol. The number of alkyl halides is 3. The Morgan fingerprint density at radius 2 is 1.86 bits per heavy atom. The minimum absolute atomic E-state index is 0.0675. The predicted octanol–water partition coefficient (Wildman–Crippen LogP) is 4.12. The standard InChI is InChI=1S/C27H32F3N3O3/c1-17-12-20(14-22(13-17)27(28,29)30)18(2)36-16-26(21-6-4-3-5-7-21)11-10-25(15-32-26,24(31)35)33-23(34)19-8-9-19/h3-7,12-14,18-19,32H,8-11,15-16H2,1-2H3,(H2,31,35)(H,33,34)/t18-,25+,26-/m1/s1. The minimum Gasteiger partial charge on any atom is -0.372 e. The van der Waals surface area contributed by atoms with E-state index in [-0.39, 0.29) is 25.0 Å². The van der Waals surface area contributed by atoms with Gasteiger partial charge in [-0.1, -0.05) is 42.0 Å². The molecule has 0 spiro atoms. The Hall–Kier alpha value is -2.91. The number of aryl methyl sites for hydroxylation is 1. The van der Waals surface area contributed by atoms with Crippen LogP contribution in [0.2, 0.25) is 0 Å². The number of ether oxygens (including phenoxy) is 1. The van der Waals surface area contributed by atoms with E-state index in [0.717, 1.165) is 30.5 Å². The summed E-state index contributed by atoms with van der Waals surface area (Å²) in [6, 6.07) is 13.5. The number of benzene rings is 2. The molecule has 1 heterocycles. The maximum Gasteiger partial charge on any atom is 0.416 e. The van der Waals surface area contributed by atoms with Crippen molar-refractivity contribution in [2.45, 2.75) is 62.9 Å². The third-order valence-corrected chi connectivity index (χ3v) is 7.29. The smallest absolute Gasteiger partial charge is 0.372 e. The van der Waals surface area contributed by atoms with E-state index in [1.54, 1.807) is 19.9 Å². The van der Waals surface area contributed by atoms with Gasteiger partial charge in [-0.3, -0.25) is 9.59 Å². The fraction of sp³-hybridized carbons (Fsp3) is 0.481. The summed E-state index contributed by atoms with van der Waals surface area (Å²) in [6.07, 6.45) is -2.70. The normalized spacial score (nSPS) is 25.2. The number of amides is 2. The number of nitrogens with two attached hydrogens (primary N) is 1. The SMILES string of the molecule is Cc1cc([C@@H](C)OC[C@@]2(c3ccccc3)CC[C@@](NC(=O)C3CC3)(C(N)=O)CN2)cc(C(F)(F)F)c1. The zero-order valence-electron chi connectivity index (χ0n) is 20.5. The molecule has 4 N–H and O–H groups in total. The molecule has 0 unspecified atom stereocenters. The van der Waals surface area contributed by atoms with Crippen molar-refractivity contribution >= 4 is 11.8 Å². The number of carbonyl (C=O) groups excluding carboxylic acids is 2. The van der Waals surface area contributed by atoms with Gasteiger partial charge in [0.05, 0.1) is 23.8 Å². The van der Waals surface area contributed by atoms with Crippen LogP contribution in [0.1, 0.15) is 61.0 Å². The fourth-order valence-electron chi connectivity index (χ4n) is 4.77. The lowest BCUT2D eigenvalue weighted by atomic mass is 9.76. The number of nitrogens with one attached hydrogen (secondary N) is 2. The van der Waals surface area contributed by atoms with Crippen molar-refractivity contribution in [2.75, 3.05) is 13.2 Å². The van der Waals surface area contributed by atoms with Crippen LogP contribution in [0.3, 0.4) is 0 Å². The first kappa shape index (κ1) is 26.2. The highest BCUT2D eigenvalue weighted by atomic mass is 19.4. The van der Waals surface area contributed by atoms with Crippen molar-refractivity contribution in [3.8, 4) is 0 Å². The summed E-state index contributed by atoms with van der Waals surface area (Å²) in [4.78, 5) is 24.9. The first-order valence-corrected chi connectivity index (χ1v) is 12.2. The largest absolute Gasteiger partial charge is 0.416 e. The topological polar surface area (TPSA) is 93.4 Å². The highest BCUT2D eigenvalue weighted by Crippen LogP contribution is 2.38. The molecule has 36 heavy (non-hydrogen) atoms. The molecular formula is C27H32F3N3O3. The lowest BCUT2D eigenvalue weighted by Gasteiger charge is -2.46. The van der Waals surface area contributed by atoms with Crippen LogP contribution < -0.4 is 16.4 Å². The fourth-order valence-corrected chi connectivity index (χ4v) is 4.77. The zero-order valence-corrected chi connectivity index (χ0v) is 20.5. The highest BCUT2D eigenvalue weighted by molar-refractivity contribution is 5.92. The van der Waals surface area contributed by atoms with Crippen molar-refractivity contribution in [3.05, 3.63) is 70.8 Å². The zero-order chi connectivity index (χ0) is 26.1. The van der Waals surface area contributed by atoms with E-state index in [4.69, 9.17) is 10.5 Å². The Balaban J connectivity index is 1.54. The number of primary amides is 1. The van der Waals surface area contributed by atoms with Gasteiger partial charge in [-0.05, 0) is 62.8 Å². The summed E-state index contributed by atoms with van der Waals surface area (Å²) in [7, 11) is 0. The molecule has 2 aliphatic rings. The Kier molecular flexibility index (Phi) is 7.16. The molecule has 1 saturated carbocycles. The second kappa shape index (κ2) is 9.86. The average Bonchev–Trinajstić information content (AvgIpc) is 3.69. The van der Waals surface area contributed by atoms with Crippen LogP contribution in [-0.4, -0.2) is 30.5 Å². The Morgan fingerprint density at radius 3 is 2.42 bits per heavy atom. The Labute approximate surface area is 208 Å². The van der Waals surface area contributed by atoms with Gasteiger partial charge in [0.2, 0.25) is 11.8 Å². The van der Waals surface area contributed by atoms with Crippen LogP contribution in [0.15, 0.2) is 48.5 Å². The molecule has 0 bridgehead atoms. The number of carbonyl (C=O) groups is 2. The van der Waals surface area contributed by atoms with Crippen molar-refractivity contribution in [1.82, 2.24) is 10.6 Å². The molecule has 4 rings (SSSR count). The number of piperidine rings is 1. The lowest BCUT2D eigenvalue weighted by molar-refractivity contribution is -0.137. The monoisotopic (exact) mass is 503 g/mol. The van der Waals surface area contributed by atoms with Gasteiger partial charge in [-0.2, -0.15) is 13.2 Å². The molecule has 0 aromatic heterocycles. The molecule has 3 atom stereocenters. The predicted molar refractivity (Wildman–Crippen MR) is 129 cm³/mol. The van der Waals surface area contributed by atoms with Crippen LogP contribution >= 0.6 is 0 Å². The molecule has 9 heteroatoms. The highest BCUT2D eigenvalue weighted by Gasteiger charge is 2.49. The summed E-state index contributed by atoms with van der Waals surface area (Å²) >= 11 is 0. The van der Waals surface area contributed by atoms with E-state index in [1.807, 2.05) is 30.3 Å². The first-order chi connectivity index (χ1) is 16.9. The maximum absolute atomic E-state index is 13.3. The second-order valence-electron chi connectivity index (χ2n) is 10.1. The molecule has 194 valence electrons.